The van der Waals surface area contributed by atoms with Gasteiger partial charge in [0.15, 0.2) is 0 Å². The molecule has 4 heteroatoms. The van der Waals surface area contributed by atoms with Gasteiger partial charge in [0.1, 0.15) is 0 Å². The molecule has 0 bridgehead atoms. The maximum Gasteiger partial charge on any atom is 0.303 e. The van der Waals surface area contributed by atoms with Crippen molar-refractivity contribution in [3.8, 4) is 0 Å². The average Bonchev–Trinajstić information content (AvgIpc) is 1.82. The van der Waals surface area contributed by atoms with Crippen molar-refractivity contribution >= 4 is 37.8 Å². The lowest BCUT2D eigenvalue weighted by Gasteiger charge is -2.09. The summed E-state index contributed by atoms with van der Waals surface area (Å²) in [6.45, 7) is 1.99. The van der Waals surface area contributed by atoms with E-state index in [0.717, 1.165) is 0 Å². The minimum atomic E-state index is -0.738. The van der Waals surface area contributed by atoms with Crippen molar-refractivity contribution in [1.29, 1.82) is 0 Å². The summed E-state index contributed by atoms with van der Waals surface area (Å²) < 4.78 is 0. The maximum atomic E-state index is 10.1. The lowest BCUT2D eigenvalue weighted by molar-refractivity contribution is -0.137. The van der Waals surface area contributed by atoms with E-state index in [9.17, 15) is 4.79 Å². The van der Waals surface area contributed by atoms with Gasteiger partial charge in [-0.25, -0.2) is 0 Å². The molecule has 0 aliphatic rings. The Kier molecular flexibility index (Phi) is 5.35. The van der Waals surface area contributed by atoms with E-state index in [0.29, 0.717) is 11.2 Å². The Hall–Kier alpha value is 0.430. The van der Waals surface area contributed by atoms with Gasteiger partial charge in [0.25, 0.3) is 0 Å². The number of rotatable bonds is 4. The Morgan fingerprint density at radius 1 is 1.60 bits per heavy atom. The van der Waals surface area contributed by atoms with Crippen LogP contribution < -0.4 is 0 Å². The Morgan fingerprint density at radius 2 is 2.10 bits per heavy atom. The molecule has 1 N–H and O–H groups in total. The normalized spacial score (nSPS) is 16.3. The Bertz CT molecular complexity index is 114. The van der Waals surface area contributed by atoms with Crippen LogP contribution in [-0.4, -0.2) is 20.7 Å². The van der Waals surface area contributed by atoms with Gasteiger partial charge in [0.05, 0.1) is 0 Å². The smallest absolute Gasteiger partial charge is 0.303 e. The summed E-state index contributed by atoms with van der Waals surface area (Å²) in [5.41, 5.74) is 0. The largest absolute Gasteiger partial charge is 0.481 e. The highest BCUT2D eigenvalue weighted by Gasteiger charge is 2.11. The molecule has 0 aromatic carbocycles. The van der Waals surface area contributed by atoms with Crippen LogP contribution in [0, 0.1) is 0 Å². The third-order valence-electron chi connectivity index (χ3n) is 1.13. The summed E-state index contributed by atoms with van der Waals surface area (Å²) in [4.78, 5) is 10.7. The van der Waals surface area contributed by atoms with E-state index < -0.39 is 5.97 Å². The Balaban J connectivity index is 3.39. The van der Waals surface area contributed by atoms with Gasteiger partial charge in [-0.15, -0.1) is 0 Å². The van der Waals surface area contributed by atoms with Crippen LogP contribution in [-0.2, 0) is 4.79 Å². The molecule has 0 aliphatic heterocycles. The van der Waals surface area contributed by atoms with Gasteiger partial charge < -0.3 is 5.11 Å². The van der Waals surface area contributed by atoms with Gasteiger partial charge in [-0.2, -0.15) is 0 Å². The quantitative estimate of drug-likeness (QED) is 0.799. The van der Waals surface area contributed by atoms with Crippen molar-refractivity contribution in [1.82, 2.24) is 0 Å². The summed E-state index contributed by atoms with van der Waals surface area (Å²) >= 11 is 6.71. The molecule has 2 atom stereocenters. The van der Waals surface area contributed by atoms with E-state index in [4.69, 9.17) is 5.11 Å². The Labute approximate surface area is 77.3 Å². The predicted molar refractivity (Wildman–Crippen MR) is 48.0 cm³/mol. The van der Waals surface area contributed by atoms with Crippen molar-refractivity contribution in [2.24, 2.45) is 0 Å². The molecule has 0 rings (SSSR count). The van der Waals surface area contributed by atoms with Crippen LogP contribution >= 0.6 is 31.9 Å². The Morgan fingerprint density at radius 3 is 2.40 bits per heavy atom. The van der Waals surface area contributed by atoms with Crippen molar-refractivity contribution in [2.45, 2.75) is 29.4 Å². The fourth-order valence-electron chi connectivity index (χ4n) is 0.491. The number of carboxylic acids is 1. The molecule has 0 aromatic rings. The maximum absolute atomic E-state index is 10.1. The SMILES string of the molecule is C[C@H](Br)[C@H](Br)CCC(=O)O. The van der Waals surface area contributed by atoms with Crippen LogP contribution in [0.4, 0.5) is 0 Å². The van der Waals surface area contributed by atoms with Crippen molar-refractivity contribution < 1.29 is 9.90 Å². The van der Waals surface area contributed by atoms with E-state index in [1.807, 2.05) is 6.92 Å². The molecule has 10 heavy (non-hydrogen) atoms. The highest BCUT2D eigenvalue weighted by molar-refractivity contribution is 9.12. The molecule has 0 unspecified atom stereocenters. The van der Waals surface area contributed by atoms with Crippen molar-refractivity contribution in [2.75, 3.05) is 0 Å². The molecule has 0 radical (unpaired) electrons. The molecular formula is C6H10Br2O2. The summed E-state index contributed by atoms with van der Waals surface area (Å²) in [7, 11) is 0. The van der Waals surface area contributed by atoms with Gasteiger partial charge in [0.2, 0.25) is 0 Å². The van der Waals surface area contributed by atoms with Gasteiger partial charge in [-0.3, -0.25) is 4.79 Å². The number of hydrogen-bond donors (Lipinski definition) is 1. The number of halogens is 2. The summed E-state index contributed by atoms with van der Waals surface area (Å²) in [5, 5.41) is 8.31. The molecule has 0 heterocycles. The summed E-state index contributed by atoms with van der Waals surface area (Å²) in [6, 6.07) is 0. The molecule has 0 fully saturated rings. The van der Waals surface area contributed by atoms with Gasteiger partial charge in [0, 0.05) is 16.1 Å². The third-order valence-corrected chi connectivity index (χ3v) is 3.73. The van der Waals surface area contributed by atoms with E-state index in [-0.39, 0.29) is 11.2 Å². The minimum Gasteiger partial charge on any atom is -0.481 e. The fraction of sp³-hybridized carbons (Fsp3) is 0.833. The first-order chi connectivity index (χ1) is 4.54. The summed E-state index contributed by atoms with van der Waals surface area (Å²) in [6.07, 6.45) is 0.896. The van der Waals surface area contributed by atoms with Gasteiger partial charge in [-0.05, 0) is 6.42 Å². The van der Waals surface area contributed by atoms with E-state index in [1.54, 1.807) is 0 Å². The monoisotopic (exact) mass is 272 g/mol. The molecule has 2 nitrogen and oxygen atoms in total. The van der Waals surface area contributed by atoms with Crippen LogP contribution in [0.15, 0.2) is 0 Å². The molecule has 0 aromatic heterocycles. The first kappa shape index (κ1) is 10.4. The predicted octanol–water partition coefficient (Wildman–Crippen LogP) is 2.40. The second-order valence-electron chi connectivity index (χ2n) is 2.13. The summed E-state index contributed by atoms with van der Waals surface area (Å²) in [5.74, 6) is -0.738. The zero-order valence-corrected chi connectivity index (χ0v) is 8.85. The molecule has 0 spiro atoms. The molecule has 0 amide bonds. The van der Waals surface area contributed by atoms with E-state index in [1.165, 1.54) is 0 Å². The van der Waals surface area contributed by atoms with Crippen LogP contribution in [0.5, 0.6) is 0 Å². The third kappa shape index (κ3) is 5.23. The van der Waals surface area contributed by atoms with Crippen LogP contribution in [0.25, 0.3) is 0 Å². The first-order valence-corrected chi connectivity index (χ1v) is 4.87. The van der Waals surface area contributed by atoms with Crippen LogP contribution in [0.2, 0.25) is 0 Å². The highest BCUT2D eigenvalue weighted by Crippen LogP contribution is 2.18. The van der Waals surface area contributed by atoms with Crippen LogP contribution in [0.1, 0.15) is 19.8 Å². The number of aliphatic carboxylic acids is 1. The molecule has 0 saturated carbocycles. The van der Waals surface area contributed by atoms with Crippen molar-refractivity contribution in [3.63, 3.8) is 0 Å². The van der Waals surface area contributed by atoms with E-state index >= 15 is 0 Å². The molecule has 60 valence electrons. The lowest BCUT2D eigenvalue weighted by Crippen LogP contribution is -2.11. The minimum absolute atomic E-state index is 0.228. The number of alkyl halides is 2. The fourth-order valence-corrected chi connectivity index (χ4v) is 0.984. The highest BCUT2D eigenvalue weighted by atomic mass is 79.9. The number of hydrogen-bond acceptors (Lipinski definition) is 1. The topological polar surface area (TPSA) is 37.3 Å². The second-order valence-corrected chi connectivity index (χ2v) is 4.75. The number of carboxylic acid groups (broad SMARTS) is 1. The zero-order valence-electron chi connectivity index (χ0n) is 5.68. The standard InChI is InChI=1S/C6H10Br2O2/c1-4(7)5(8)2-3-6(9)10/h4-5H,2-3H2,1H3,(H,9,10)/t4-,5+/m0/s1. The molecular weight excluding hydrogens is 264 g/mol. The van der Waals surface area contributed by atoms with Crippen LogP contribution in [0.3, 0.4) is 0 Å². The molecule has 0 aliphatic carbocycles. The molecule has 0 saturated heterocycles. The van der Waals surface area contributed by atoms with Gasteiger partial charge >= 0.3 is 5.97 Å². The van der Waals surface area contributed by atoms with Crippen molar-refractivity contribution in [3.05, 3.63) is 0 Å². The average molecular weight is 274 g/mol. The lowest BCUT2D eigenvalue weighted by atomic mass is 10.2. The van der Waals surface area contributed by atoms with Gasteiger partial charge in [-0.1, -0.05) is 38.8 Å². The zero-order chi connectivity index (χ0) is 8.15. The second kappa shape index (κ2) is 5.13. The first-order valence-electron chi connectivity index (χ1n) is 3.04. The van der Waals surface area contributed by atoms with E-state index in [2.05, 4.69) is 31.9 Å². The number of carbonyl (C=O) groups is 1.